The van der Waals surface area contributed by atoms with Crippen LogP contribution in [0.3, 0.4) is 0 Å². The molecule has 0 saturated carbocycles. The van der Waals surface area contributed by atoms with Crippen LogP contribution in [0.2, 0.25) is 0 Å². The summed E-state index contributed by atoms with van der Waals surface area (Å²) in [5, 5.41) is 2.15. The predicted molar refractivity (Wildman–Crippen MR) is 67.9 cm³/mol. The van der Waals surface area contributed by atoms with Crippen LogP contribution in [0.15, 0.2) is 15.9 Å². The van der Waals surface area contributed by atoms with E-state index in [0.717, 1.165) is 5.92 Å². The van der Waals surface area contributed by atoms with Crippen molar-refractivity contribution in [3.63, 3.8) is 0 Å². The Balaban J connectivity index is 2.40. The van der Waals surface area contributed by atoms with Crippen molar-refractivity contribution in [1.82, 2.24) is 0 Å². The smallest absolute Gasteiger partial charge is 0.0285 e. The Morgan fingerprint density at radius 2 is 2.15 bits per heavy atom. The summed E-state index contributed by atoms with van der Waals surface area (Å²) in [6, 6.07) is 2.22. The second-order valence-corrected chi connectivity index (χ2v) is 7.03. The molecule has 0 fully saturated rings. The maximum absolute atomic E-state index is 3.59. The van der Waals surface area contributed by atoms with Gasteiger partial charge in [0.25, 0.3) is 0 Å². The van der Waals surface area contributed by atoms with Crippen LogP contribution in [0.1, 0.15) is 25.1 Å². The van der Waals surface area contributed by atoms with Gasteiger partial charge in [-0.15, -0.1) is 11.3 Å². The van der Waals surface area contributed by atoms with Crippen LogP contribution in [0.25, 0.3) is 0 Å². The van der Waals surface area contributed by atoms with Gasteiger partial charge >= 0.3 is 0 Å². The lowest BCUT2D eigenvalue weighted by Gasteiger charge is -2.11. The molecule has 3 heteroatoms. The van der Waals surface area contributed by atoms with E-state index in [9.17, 15) is 0 Å². The summed E-state index contributed by atoms with van der Waals surface area (Å²) in [5.41, 5.74) is 0. The Morgan fingerprint density at radius 1 is 1.46 bits per heavy atom. The third kappa shape index (κ3) is 4.61. The van der Waals surface area contributed by atoms with Crippen LogP contribution < -0.4 is 0 Å². The Bertz CT molecular complexity index is 255. The highest BCUT2D eigenvalue weighted by Gasteiger charge is 2.08. The van der Waals surface area contributed by atoms with E-state index in [4.69, 9.17) is 0 Å². The van der Waals surface area contributed by atoms with E-state index in [2.05, 4.69) is 57.2 Å². The summed E-state index contributed by atoms with van der Waals surface area (Å²) in [4.78, 5) is 2.11. The SMILES string of the molecule is CC(Br)CC(C)Cc1cc(Br)cs1. The van der Waals surface area contributed by atoms with Gasteiger partial charge in [0.2, 0.25) is 0 Å². The molecule has 74 valence electrons. The molecule has 1 rings (SSSR count). The summed E-state index contributed by atoms with van der Waals surface area (Å²) in [6.07, 6.45) is 2.45. The average molecular weight is 326 g/mol. The van der Waals surface area contributed by atoms with Crippen molar-refractivity contribution in [2.75, 3.05) is 0 Å². The van der Waals surface area contributed by atoms with Gasteiger partial charge in [0.15, 0.2) is 0 Å². The van der Waals surface area contributed by atoms with Crippen LogP contribution in [0.4, 0.5) is 0 Å². The fraction of sp³-hybridized carbons (Fsp3) is 0.600. The summed E-state index contributed by atoms with van der Waals surface area (Å²) in [5.74, 6) is 0.764. The second kappa shape index (κ2) is 5.52. The first-order valence-corrected chi connectivity index (χ1v) is 7.03. The molecular weight excluding hydrogens is 312 g/mol. The van der Waals surface area contributed by atoms with Gasteiger partial charge in [0, 0.05) is 19.6 Å². The summed E-state index contributed by atoms with van der Waals surface area (Å²) >= 11 is 8.90. The van der Waals surface area contributed by atoms with Crippen LogP contribution in [0, 0.1) is 5.92 Å². The predicted octanol–water partition coefficient (Wildman–Crippen LogP) is 4.86. The molecule has 2 atom stereocenters. The van der Waals surface area contributed by atoms with Crippen LogP contribution in [-0.4, -0.2) is 4.83 Å². The lowest BCUT2D eigenvalue weighted by Crippen LogP contribution is -2.03. The Morgan fingerprint density at radius 3 is 2.62 bits per heavy atom. The van der Waals surface area contributed by atoms with E-state index >= 15 is 0 Å². The molecule has 0 aliphatic heterocycles. The molecule has 0 bridgehead atoms. The third-order valence-corrected chi connectivity index (χ3v) is 3.99. The summed E-state index contributed by atoms with van der Waals surface area (Å²) < 4.78 is 1.21. The molecule has 2 unspecified atom stereocenters. The highest BCUT2D eigenvalue weighted by atomic mass is 79.9. The first-order chi connectivity index (χ1) is 6.08. The van der Waals surface area contributed by atoms with Crippen molar-refractivity contribution in [1.29, 1.82) is 0 Å². The Kier molecular flexibility index (Phi) is 4.98. The van der Waals surface area contributed by atoms with Crippen molar-refractivity contribution in [2.24, 2.45) is 5.92 Å². The van der Waals surface area contributed by atoms with Gasteiger partial charge < -0.3 is 0 Å². The minimum atomic E-state index is 0.630. The van der Waals surface area contributed by atoms with Crippen LogP contribution in [0.5, 0.6) is 0 Å². The fourth-order valence-electron chi connectivity index (χ4n) is 1.44. The van der Waals surface area contributed by atoms with Crippen LogP contribution >= 0.6 is 43.2 Å². The molecule has 0 nitrogen and oxygen atoms in total. The summed E-state index contributed by atoms with van der Waals surface area (Å²) in [6.45, 7) is 4.52. The normalized spacial score (nSPS) is 15.7. The maximum Gasteiger partial charge on any atom is 0.0285 e. The molecule has 0 radical (unpaired) electrons. The number of thiophene rings is 1. The van der Waals surface area contributed by atoms with Crippen molar-refractivity contribution in [2.45, 2.75) is 31.5 Å². The third-order valence-electron chi connectivity index (χ3n) is 1.90. The van der Waals surface area contributed by atoms with E-state index in [0.29, 0.717) is 4.83 Å². The number of alkyl halides is 1. The number of rotatable bonds is 4. The van der Waals surface area contributed by atoms with Gasteiger partial charge in [-0.25, -0.2) is 0 Å². The molecule has 0 N–H and O–H groups in total. The molecule has 1 heterocycles. The molecule has 0 aromatic carbocycles. The molecule has 0 aliphatic rings. The maximum atomic E-state index is 3.59. The van der Waals surface area contributed by atoms with Gasteiger partial charge in [-0.05, 0) is 40.8 Å². The molecule has 0 spiro atoms. The first-order valence-electron chi connectivity index (χ1n) is 4.45. The zero-order valence-electron chi connectivity index (χ0n) is 7.89. The molecule has 1 aromatic rings. The summed E-state index contributed by atoms with van der Waals surface area (Å²) in [7, 11) is 0. The molecule has 13 heavy (non-hydrogen) atoms. The molecule has 0 amide bonds. The largest absolute Gasteiger partial charge is 0.148 e. The minimum absolute atomic E-state index is 0.630. The quantitative estimate of drug-likeness (QED) is 0.693. The van der Waals surface area contributed by atoms with Crippen molar-refractivity contribution in [3.8, 4) is 0 Å². The first kappa shape index (κ1) is 11.7. The van der Waals surface area contributed by atoms with E-state index < -0.39 is 0 Å². The lowest BCUT2D eigenvalue weighted by atomic mass is 10.0. The molecule has 0 saturated heterocycles. The van der Waals surface area contributed by atoms with Crippen LogP contribution in [-0.2, 0) is 6.42 Å². The van der Waals surface area contributed by atoms with Crippen molar-refractivity contribution < 1.29 is 0 Å². The average Bonchev–Trinajstić information content (AvgIpc) is 2.33. The second-order valence-electron chi connectivity index (χ2n) is 3.56. The Hall–Kier alpha value is 0.660. The van der Waals surface area contributed by atoms with E-state index in [1.54, 1.807) is 0 Å². The van der Waals surface area contributed by atoms with E-state index in [-0.39, 0.29) is 0 Å². The van der Waals surface area contributed by atoms with Gasteiger partial charge in [0.05, 0.1) is 0 Å². The van der Waals surface area contributed by atoms with E-state index in [1.165, 1.54) is 22.2 Å². The Labute approximate surface area is 101 Å². The number of hydrogen-bond acceptors (Lipinski definition) is 1. The monoisotopic (exact) mass is 324 g/mol. The fourth-order valence-corrected chi connectivity index (χ4v) is 3.70. The standard InChI is InChI=1S/C10H14Br2S/c1-7(3-8(2)11)4-10-5-9(12)6-13-10/h5-8H,3-4H2,1-2H3. The highest BCUT2D eigenvalue weighted by Crippen LogP contribution is 2.24. The number of hydrogen-bond donors (Lipinski definition) is 0. The zero-order chi connectivity index (χ0) is 9.84. The van der Waals surface area contributed by atoms with Gasteiger partial charge in [-0.2, -0.15) is 0 Å². The van der Waals surface area contributed by atoms with Crippen molar-refractivity contribution in [3.05, 3.63) is 20.8 Å². The molecule has 1 aromatic heterocycles. The van der Waals surface area contributed by atoms with Gasteiger partial charge in [-0.3, -0.25) is 0 Å². The molecular formula is C10H14Br2S. The van der Waals surface area contributed by atoms with Crippen molar-refractivity contribution >= 4 is 43.2 Å². The highest BCUT2D eigenvalue weighted by molar-refractivity contribution is 9.10. The topological polar surface area (TPSA) is 0 Å². The van der Waals surface area contributed by atoms with E-state index in [1.807, 2.05) is 11.3 Å². The lowest BCUT2D eigenvalue weighted by molar-refractivity contribution is 0.536. The van der Waals surface area contributed by atoms with Gasteiger partial charge in [0.1, 0.15) is 0 Å². The number of halogens is 2. The molecule has 0 aliphatic carbocycles. The minimum Gasteiger partial charge on any atom is -0.148 e. The van der Waals surface area contributed by atoms with Gasteiger partial charge in [-0.1, -0.05) is 29.8 Å². The zero-order valence-corrected chi connectivity index (χ0v) is 11.9.